The standard InChI is InChI=1S/C17H20O4.H4O5P2/c18-11-17(12-19,13-20)16(14-7-3-1-4-8-14)21-15-9-5-2-6-10-15;1-6(2)5-7(3)4/h1-10,16,18-20H,11-13H2;6-7H,(H,1,2)(H,3,4). The van der Waals surface area contributed by atoms with Crippen LogP contribution in [0.5, 0.6) is 5.75 Å². The first kappa shape index (κ1) is 24.5. The fraction of sp³-hybridized carbons (Fsp3) is 0.294. The predicted octanol–water partition coefficient (Wildman–Crippen LogP) is 1.54. The molecule has 2 aromatic carbocycles. The molecule has 0 spiro atoms. The molecule has 0 aliphatic carbocycles. The Morgan fingerprint density at radius 2 is 1.21 bits per heavy atom. The minimum Gasteiger partial charge on any atom is -0.485 e. The first-order valence-corrected chi connectivity index (χ1v) is 10.6. The van der Waals surface area contributed by atoms with E-state index < -0.39 is 28.0 Å². The van der Waals surface area contributed by atoms with Gasteiger partial charge in [-0.2, -0.15) is 0 Å². The van der Waals surface area contributed by atoms with Crippen molar-refractivity contribution < 1.29 is 43.3 Å². The van der Waals surface area contributed by atoms with Crippen molar-refractivity contribution in [1.29, 1.82) is 0 Å². The van der Waals surface area contributed by atoms with Gasteiger partial charge < -0.3 is 29.8 Å². The molecule has 0 saturated carbocycles. The molecular weight excluding hydrogens is 410 g/mol. The van der Waals surface area contributed by atoms with Crippen LogP contribution in [0.4, 0.5) is 0 Å². The van der Waals surface area contributed by atoms with Gasteiger partial charge in [-0.25, -0.2) is 4.31 Å². The molecule has 2 aromatic rings. The molecule has 156 valence electrons. The quantitative estimate of drug-likeness (QED) is 0.370. The summed E-state index contributed by atoms with van der Waals surface area (Å²) in [5.74, 6) is 0.617. The van der Waals surface area contributed by atoms with Crippen molar-refractivity contribution in [3.8, 4) is 5.75 Å². The van der Waals surface area contributed by atoms with E-state index in [1.165, 1.54) is 0 Å². The first-order valence-electron chi connectivity index (χ1n) is 8.11. The normalized spacial score (nSPS) is 14.3. The van der Waals surface area contributed by atoms with Crippen molar-refractivity contribution >= 4 is 16.5 Å². The van der Waals surface area contributed by atoms with E-state index in [1.807, 2.05) is 48.5 Å². The molecule has 0 aliphatic heterocycles. The maximum atomic E-state index is 9.69. The highest BCUT2D eigenvalue weighted by molar-refractivity contribution is 7.46. The van der Waals surface area contributed by atoms with Crippen LogP contribution in [0.25, 0.3) is 0 Å². The molecule has 0 aromatic heterocycles. The summed E-state index contributed by atoms with van der Waals surface area (Å²) in [4.78, 5) is 15.4. The van der Waals surface area contributed by atoms with Crippen LogP contribution in [0.3, 0.4) is 0 Å². The van der Waals surface area contributed by atoms with Crippen molar-refractivity contribution in [2.24, 2.45) is 5.41 Å². The molecule has 2 rings (SSSR count). The Bertz CT molecular complexity index is 704. The Morgan fingerprint density at radius 3 is 1.57 bits per heavy atom. The lowest BCUT2D eigenvalue weighted by Gasteiger charge is -2.36. The smallest absolute Gasteiger partial charge is 0.323 e. The van der Waals surface area contributed by atoms with Crippen molar-refractivity contribution in [2.45, 2.75) is 6.10 Å². The molecule has 0 heterocycles. The lowest BCUT2D eigenvalue weighted by molar-refractivity contribution is -0.0742. The molecule has 0 radical (unpaired) electrons. The molecular formula is C17H24O9P2. The van der Waals surface area contributed by atoms with E-state index >= 15 is 0 Å². The van der Waals surface area contributed by atoms with Gasteiger partial charge in [0, 0.05) is 0 Å². The fourth-order valence-corrected chi connectivity index (χ4v) is 2.88. The van der Waals surface area contributed by atoms with Gasteiger partial charge in [0.05, 0.1) is 25.2 Å². The van der Waals surface area contributed by atoms with E-state index in [0.717, 1.165) is 5.56 Å². The zero-order valence-electron chi connectivity index (χ0n) is 14.8. The maximum Gasteiger partial charge on any atom is 0.323 e. The molecule has 0 aliphatic rings. The van der Waals surface area contributed by atoms with Gasteiger partial charge in [-0.05, 0) is 17.7 Å². The number of aliphatic hydroxyl groups is 3. The van der Waals surface area contributed by atoms with E-state index in [1.54, 1.807) is 12.1 Å². The molecule has 11 heteroatoms. The Morgan fingerprint density at radius 1 is 0.786 bits per heavy atom. The van der Waals surface area contributed by atoms with Gasteiger partial charge in [0.25, 0.3) is 0 Å². The van der Waals surface area contributed by atoms with Gasteiger partial charge in [0.2, 0.25) is 0 Å². The second kappa shape index (κ2) is 12.8. The van der Waals surface area contributed by atoms with Crippen molar-refractivity contribution in [3.63, 3.8) is 0 Å². The van der Waals surface area contributed by atoms with E-state index in [2.05, 4.69) is 4.31 Å². The molecule has 0 amide bonds. The molecule has 3 unspecified atom stereocenters. The summed E-state index contributed by atoms with van der Waals surface area (Å²) in [5, 5.41) is 29.1. The van der Waals surface area contributed by atoms with E-state index in [-0.39, 0.29) is 19.8 Å². The fourth-order valence-electron chi connectivity index (χ4n) is 2.28. The van der Waals surface area contributed by atoms with Gasteiger partial charge in [-0.1, -0.05) is 48.5 Å². The van der Waals surface area contributed by atoms with Crippen LogP contribution in [-0.2, 0) is 13.4 Å². The van der Waals surface area contributed by atoms with Crippen LogP contribution in [0.15, 0.2) is 60.7 Å². The Kier molecular flexibility index (Phi) is 11.2. The highest BCUT2D eigenvalue weighted by Gasteiger charge is 2.40. The van der Waals surface area contributed by atoms with Gasteiger partial charge >= 0.3 is 16.5 Å². The summed E-state index contributed by atoms with van der Waals surface area (Å²) in [6.45, 7) is -1.15. The van der Waals surface area contributed by atoms with E-state index in [9.17, 15) is 24.4 Å². The van der Waals surface area contributed by atoms with Crippen LogP contribution in [0, 0.1) is 5.41 Å². The second-order valence-corrected chi connectivity index (χ2v) is 7.57. The molecule has 0 bridgehead atoms. The molecule has 28 heavy (non-hydrogen) atoms. The molecule has 3 atom stereocenters. The Labute approximate surface area is 163 Å². The van der Waals surface area contributed by atoms with Crippen LogP contribution in [0.2, 0.25) is 0 Å². The van der Waals surface area contributed by atoms with Gasteiger partial charge in [-0.15, -0.1) is 0 Å². The molecule has 5 N–H and O–H groups in total. The number of aliphatic hydroxyl groups excluding tert-OH is 3. The third kappa shape index (κ3) is 7.83. The van der Waals surface area contributed by atoms with Gasteiger partial charge in [0.1, 0.15) is 11.9 Å². The number of hydrogen-bond donors (Lipinski definition) is 5. The zero-order chi connectivity index (χ0) is 21.0. The summed E-state index contributed by atoms with van der Waals surface area (Å²) in [5.41, 5.74) is -0.365. The summed E-state index contributed by atoms with van der Waals surface area (Å²) in [7, 11) is -6.40. The highest BCUT2D eigenvalue weighted by Crippen LogP contribution is 2.37. The van der Waals surface area contributed by atoms with Crippen molar-refractivity contribution in [3.05, 3.63) is 66.2 Å². The number of para-hydroxylation sites is 1. The summed E-state index contributed by atoms with van der Waals surface area (Å²) < 4.78 is 28.3. The zero-order valence-corrected chi connectivity index (χ0v) is 16.8. The third-order valence-electron chi connectivity index (χ3n) is 3.77. The van der Waals surface area contributed by atoms with Crippen molar-refractivity contribution in [1.82, 2.24) is 0 Å². The predicted molar refractivity (Wildman–Crippen MR) is 103 cm³/mol. The summed E-state index contributed by atoms with van der Waals surface area (Å²) >= 11 is 0. The average Bonchev–Trinajstić information content (AvgIpc) is 2.70. The van der Waals surface area contributed by atoms with Crippen LogP contribution < -0.4 is 4.74 Å². The first-order chi connectivity index (χ1) is 13.4. The van der Waals surface area contributed by atoms with Crippen molar-refractivity contribution in [2.75, 3.05) is 19.8 Å². The van der Waals surface area contributed by atoms with Crippen LogP contribution in [0.1, 0.15) is 11.7 Å². The molecule has 9 nitrogen and oxygen atoms in total. The van der Waals surface area contributed by atoms with Crippen LogP contribution in [-0.4, -0.2) is 44.9 Å². The maximum absolute atomic E-state index is 9.69. The summed E-state index contributed by atoms with van der Waals surface area (Å²) in [6.07, 6.45) is -0.652. The molecule has 0 fully saturated rings. The SMILES string of the molecule is O=[PH](O)O[PH](=O)O.OCC(CO)(CO)C(Oc1ccccc1)c1ccccc1. The van der Waals surface area contributed by atoms with Gasteiger partial charge in [-0.3, -0.25) is 9.13 Å². The molecule has 0 saturated heterocycles. The van der Waals surface area contributed by atoms with E-state index in [4.69, 9.17) is 14.5 Å². The Hall–Kier alpha value is -1.54. The number of rotatable bonds is 9. The minimum absolute atomic E-state index is 0.383. The highest BCUT2D eigenvalue weighted by atomic mass is 31.2. The Balaban J connectivity index is 0.000000480. The van der Waals surface area contributed by atoms with E-state index in [0.29, 0.717) is 5.75 Å². The van der Waals surface area contributed by atoms with Gasteiger partial charge in [0.15, 0.2) is 0 Å². The summed E-state index contributed by atoms with van der Waals surface area (Å²) in [6, 6.07) is 18.4. The average molecular weight is 434 g/mol. The largest absolute Gasteiger partial charge is 0.485 e. The third-order valence-corrected chi connectivity index (χ3v) is 5.17. The number of hydrogen-bond acceptors (Lipinski definition) is 7. The lowest BCUT2D eigenvalue weighted by Crippen LogP contribution is -2.42. The number of benzene rings is 2. The topological polar surface area (TPSA) is 154 Å². The van der Waals surface area contributed by atoms with Crippen LogP contribution >= 0.6 is 16.5 Å². The minimum atomic E-state index is -3.20. The monoisotopic (exact) mass is 434 g/mol. The number of ether oxygens (including phenoxy) is 1. The lowest BCUT2D eigenvalue weighted by atomic mass is 9.80. The second-order valence-electron chi connectivity index (χ2n) is 5.69.